The lowest BCUT2D eigenvalue weighted by Crippen LogP contribution is -2.08. The molecular formula is C10H14N2O2. The Bertz CT molecular complexity index is 353. The molecule has 0 atom stereocenters. The number of carbonyl (C=O) groups excluding carboxylic acids is 1. The molecule has 0 N–H and O–H groups in total. The van der Waals surface area contributed by atoms with Crippen molar-refractivity contribution in [3.8, 4) is 5.75 Å². The number of nitrogens with zero attached hydrogens (tertiary/aromatic N) is 2. The minimum Gasteiger partial charge on any atom is -0.493 e. The molecule has 0 aromatic carbocycles. The van der Waals surface area contributed by atoms with Gasteiger partial charge in [0.25, 0.3) is 0 Å². The predicted octanol–water partition coefficient (Wildman–Crippen LogP) is 1.41. The summed E-state index contributed by atoms with van der Waals surface area (Å²) in [5.74, 6) is 1.32. The van der Waals surface area contributed by atoms with Crippen LogP contribution in [0.15, 0.2) is 6.20 Å². The second-order valence-corrected chi connectivity index (χ2v) is 3.76. The average Bonchev–Trinajstić information content (AvgIpc) is 2.87. The molecule has 0 bridgehead atoms. The first-order valence-electron chi connectivity index (χ1n) is 4.81. The molecular weight excluding hydrogens is 180 g/mol. The van der Waals surface area contributed by atoms with Gasteiger partial charge in [-0.3, -0.25) is 9.48 Å². The molecule has 76 valence electrons. The number of ketones is 1. The number of hydrogen-bond acceptors (Lipinski definition) is 3. The van der Waals surface area contributed by atoms with Crippen molar-refractivity contribution in [1.82, 2.24) is 9.78 Å². The SMILES string of the molecule is COc1cnn(C)c1C(=O)CC1CC1. The maximum absolute atomic E-state index is 11.8. The average molecular weight is 194 g/mol. The summed E-state index contributed by atoms with van der Waals surface area (Å²) < 4.78 is 6.67. The summed E-state index contributed by atoms with van der Waals surface area (Å²) in [6.45, 7) is 0. The zero-order chi connectivity index (χ0) is 10.1. The highest BCUT2D eigenvalue weighted by molar-refractivity contribution is 5.97. The number of methoxy groups -OCH3 is 1. The summed E-state index contributed by atoms with van der Waals surface area (Å²) in [6.07, 6.45) is 4.59. The Balaban J connectivity index is 2.19. The Morgan fingerprint density at radius 3 is 3.00 bits per heavy atom. The van der Waals surface area contributed by atoms with Crippen LogP contribution in [-0.2, 0) is 7.05 Å². The van der Waals surface area contributed by atoms with Crippen molar-refractivity contribution < 1.29 is 9.53 Å². The largest absolute Gasteiger partial charge is 0.493 e. The van der Waals surface area contributed by atoms with E-state index in [1.54, 1.807) is 25.0 Å². The first-order chi connectivity index (χ1) is 6.72. The van der Waals surface area contributed by atoms with Crippen LogP contribution in [0.25, 0.3) is 0 Å². The van der Waals surface area contributed by atoms with Gasteiger partial charge in [0, 0.05) is 13.5 Å². The third kappa shape index (κ3) is 1.64. The molecule has 1 heterocycles. The van der Waals surface area contributed by atoms with Gasteiger partial charge in [0.1, 0.15) is 5.69 Å². The number of rotatable bonds is 4. The van der Waals surface area contributed by atoms with E-state index >= 15 is 0 Å². The number of aromatic nitrogens is 2. The third-order valence-electron chi connectivity index (χ3n) is 2.56. The minimum absolute atomic E-state index is 0.143. The highest BCUT2D eigenvalue weighted by atomic mass is 16.5. The normalized spacial score (nSPS) is 15.6. The van der Waals surface area contributed by atoms with Crippen molar-refractivity contribution in [1.29, 1.82) is 0 Å². The van der Waals surface area contributed by atoms with Gasteiger partial charge < -0.3 is 4.74 Å². The van der Waals surface area contributed by atoms with Crippen molar-refractivity contribution in [3.05, 3.63) is 11.9 Å². The first kappa shape index (κ1) is 9.24. The van der Waals surface area contributed by atoms with Gasteiger partial charge in [-0.2, -0.15) is 5.10 Å². The molecule has 0 amide bonds. The smallest absolute Gasteiger partial charge is 0.184 e. The zero-order valence-corrected chi connectivity index (χ0v) is 8.49. The van der Waals surface area contributed by atoms with Crippen LogP contribution in [0.1, 0.15) is 29.8 Å². The van der Waals surface area contributed by atoms with Gasteiger partial charge in [-0.1, -0.05) is 0 Å². The maximum Gasteiger partial charge on any atom is 0.184 e. The molecule has 0 radical (unpaired) electrons. The molecule has 2 rings (SSSR count). The topological polar surface area (TPSA) is 44.1 Å². The van der Waals surface area contributed by atoms with E-state index in [0.29, 0.717) is 23.8 Å². The van der Waals surface area contributed by atoms with E-state index in [4.69, 9.17) is 4.74 Å². The molecule has 1 fully saturated rings. The van der Waals surface area contributed by atoms with Gasteiger partial charge in [0.05, 0.1) is 13.3 Å². The molecule has 0 spiro atoms. The van der Waals surface area contributed by atoms with Crippen molar-refractivity contribution in [2.75, 3.05) is 7.11 Å². The van der Waals surface area contributed by atoms with Crippen LogP contribution >= 0.6 is 0 Å². The predicted molar refractivity (Wildman–Crippen MR) is 51.4 cm³/mol. The fourth-order valence-electron chi connectivity index (χ4n) is 1.57. The molecule has 1 aliphatic carbocycles. The van der Waals surface area contributed by atoms with E-state index in [1.807, 2.05) is 0 Å². The maximum atomic E-state index is 11.8. The monoisotopic (exact) mass is 194 g/mol. The summed E-state index contributed by atoms with van der Waals surface area (Å²) >= 11 is 0. The Hall–Kier alpha value is -1.32. The van der Waals surface area contributed by atoms with E-state index < -0.39 is 0 Å². The third-order valence-corrected chi connectivity index (χ3v) is 2.56. The van der Waals surface area contributed by atoms with Crippen LogP contribution in [0.4, 0.5) is 0 Å². The zero-order valence-electron chi connectivity index (χ0n) is 8.49. The molecule has 0 saturated heterocycles. The van der Waals surface area contributed by atoms with Gasteiger partial charge in [-0.25, -0.2) is 0 Å². The number of aryl methyl sites for hydroxylation is 1. The lowest BCUT2D eigenvalue weighted by molar-refractivity contribution is 0.0964. The van der Waals surface area contributed by atoms with E-state index in [1.165, 1.54) is 12.8 Å². The highest BCUT2D eigenvalue weighted by Crippen LogP contribution is 2.34. The molecule has 1 aromatic rings. The Kier molecular flexibility index (Phi) is 2.27. The second-order valence-electron chi connectivity index (χ2n) is 3.76. The molecule has 1 aliphatic rings. The van der Waals surface area contributed by atoms with Crippen molar-refractivity contribution in [3.63, 3.8) is 0 Å². The molecule has 14 heavy (non-hydrogen) atoms. The van der Waals surface area contributed by atoms with Crippen LogP contribution in [0.2, 0.25) is 0 Å². The van der Waals surface area contributed by atoms with Crippen LogP contribution in [-0.4, -0.2) is 22.7 Å². The summed E-state index contributed by atoms with van der Waals surface area (Å²) in [5.41, 5.74) is 0.597. The van der Waals surface area contributed by atoms with Crippen LogP contribution in [0.3, 0.4) is 0 Å². The Morgan fingerprint density at radius 1 is 1.71 bits per heavy atom. The number of ether oxygens (including phenoxy) is 1. The molecule has 1 saturated carbocycles. The van der Waals surface area contributed by atoms with E-state index in [-0.39, 0.29) is 5.78 Å². The summed E-state index contributed by atoms with van der Waals surface area (Å²) in [5, 5.41) is 4.01. The quantitative estimate of drug-likeness (QED) is 0.681. The summed E-state index contributed by atoms with van der Waals surface area (Å²) in [4.78, 5) is 11.8. The molecule has 4 nitrogen and oxygen atoms in total. The van der Waals surface area contributed by atoms with Crippen LogP contribution < -0.4 is 4.74 Å². The van der Waals surface area contributed by atoms with Gasteiger partial charge >= 0.3 is 0 Å². The minimum atomic E-state index is 0.143. The molecule has 1 aromatic heterocycles. The van der Waals surface area contributed by atoms with Crippen LogP contribution in [0.5, 0.6) is 5.75 Å². The number of Topliss-reactive ketones (excluding diaryl/α,β-unsaturated/α-hetero) is 1. The van der Waals surface area contributed by atoms with Crippen molar-refractivity contribution in [2.24, 2.45) is 13.0 Å². The van der Waals surface area contributed by atoms with E-state index in [9.17, 15) is 4.79 Å². The fraction of sp³-hybridized carbons (Fsp3) is 0.600. The van der Waals surface area contributed by atoms with Crippen molar-refractivity contribution >= 4 is 5.78 Å². The van der Waals surface area contributed by atoms with Crippen molar-refractivity contribution in [2.45, 2.75) is 19.3 Å². The molecule has 0 aliphatic heterocycles. The highest BCUT2D eigenvalue weighted by Gasteiger charge is 2.27. The van der Waals surface area contributed by atoms with Gasteiger partial charge in [-0.05, 0) is 18.8 Å². The summed E-state index contributed by atoms with van der Waals surface area (Å²) in [6, 6.07) is 0. The van der Waals surface area contributed by atoms with Crippen LogP contribution in [0, 0.1) is 5.92 Å². The lowest BCUT2D eigenvalue weighted by Gasteiger charge is -2.03. The fourth-order valence-corrected chi connectivity index (χ4v) is 1.57. The first-order valence-corrected chi connectivity index (χ1v) is 4.81. The van der Waals surface area contributed by atoms with E-state index in [2.05, 4.69) is 5.10 Å². The summed E-state index contributed by atoms with van der Waals surface area (Å²) in [7, 11) is 3.33. The number of hydrogen-bond donors (Lipinski definition) is 0. The second kappa shape index (κ2) is 3.44. The molecule has 4 heteroatoms. The number of carbonyl (C=O) groups is 1. The van der Waals surface area contributed by atoms with E-state index in [0.717, 1.165) is 0 Å². The molecule has 0 unspecified atom stereocenters. The van der Waals surface area contributed by atoms with Gasteiger partial charge in [0.2, 0.25) is 0 Å². The van der Waals surface area contributed by atoms with Gasteiger partial charge in [0.15, 0.2) is 11.5 Å². The van der Waals surface area contributed by atoms with Gasteiger partial charge in [-0.15, -0.1) is 0 Å². The Morgan fingerprint density at radius 2 is 2.43 bits per heavy atom. The Labute approximate surface area is 82.9 Å². The standard InChI is InChI=1S/C10H14N2O2/c1-12-10(9(14-2)6-11-12)8(13)5-7-3-4-7/h6-7H,3-5H2,1-2H3. The lowest BCUT2D eigenvalue weighted by atomic mass is 10.1.